The summed E-state index contributed by atoms with van der Waals surface area (Å²) in [5.74, 6) is 0.809. The SMILES string of the molecule is Cc1cc(-c2cccn2C)ccc1OCc1c(C)cccc1-n1nnn(C)c1=O. The molecule has 2 heterocycles. The Balaban J connectivity index is 1.62. The van der Waals surface area contributed by atoms with Crippen molar-refractivity contribution in [1.29, 1.82) is 0 Å². The predicted octanol–water partition coefficient (Wildman–Crippen LogP) is 3.17. The number of benzene rings is 2. The minimum atomic E-state index is -0.292. The first kappa shape index (κ1) is 18.7. The van der Waals surface area contributed by atoms with Gasteiger partial charge >= 0.3 is 5.69 Å². The van der Waals surface area contributed by atoms with Gasteiger partial charge in [0.1, 0.15) is 12.4 Å². The number of tetrazole rings is 1. The van der Waals surface area contributed by atoms with E-state index in [1.807, 2.05) is 57.4 Å². The van der Waals surface area contributed by atoms with E-state index in [1.54, 1.807) is 7.05 Å². The Morgan fingerprint density at radius 2 is 1.79 bits per heavy atom. The molecule has 0 saturated heterocycles. The number of hydrogen-bond donors (Lipinski definition) is 0. The van der Waals surface area contributed by atoms with Crippen molar-refractivity contribution in [3.8, 4) is 22.7 Å². The summed E-state index contributed by atoms with van der Waals surface area (Å²) >= 11 is 0. The van der Waals surface area contributed by atoms with Crippen LogP contribution in [0.25, 0.3) is 16.9 Å². The first-order chi connectivity index (χ1) is 14.0. The molecule has 0 aliphatic carbocycles. The zero-order valence-electron chi connectivity index (χ0n) is 17.0. The Morgan fingerprint density at radius 3 is 2.45 bits per heavy atom. The van der Waals surface area contributed by atoms with Crippen molar-refractivity contribution in [2.45, 2.75) is 20.5 Å². The molecule has 0 unspecified atom stereocenters. The molecule has 0 bridgehead atoms. The van der Waals surface area contributed by atoms with Crippen LogP contribution in [0.5, 0.6) is 5.75 Å². The molecular formula is C22H23N5O2. The van der Waals surface area contributed by atoms with Gasteiger partial charge in [-0.3, -0.25) is 0 Å². The monoisotopic (exact) mass is 389 g/mol. The van der Waals surface area contributed by atoms with Crippen molar-refractivity contribution >= 4 is 0 Å². The fourth-order valence-electron chi connectivity index (χ4n) is 3.42. The number of rotatable bonds is 5. The molecule has 0 aliphatic rings. The van der Waals surface area contributed by atoms with E-state index < -0.39 is 0 Å². The van der Waals surface area contributed by atoms with Gasteiger partial charge in [0.2, 0.25) is 0 Å². The summed E-state index contributed by atoms with van der Waals surface area (Å²) in [5, 5.41) is 7.78. The van der Waals surface area contributed by atoms with Gasteiger partial charge < -0.3 is 9.30 Å². The second-order valence-electron chi connectivity index (χ2n) is 7.14. The van der Waals surface area contributed by atoms with Crippen LogP contribution in [0.1, 0.15) is 16.7 Å². The number of hydrogen-bond acceptors (Lipinski definition) is 4. The van der Waals surface area contributed by atoms with Crippen LogP contribution in [-0.2, 0) is 20.7 Å². The largest absolute Gasteiger partial charge is 0.489 e. The van der Waals surface area contributed by atoms with Crippen molar-refractivity contribution in [1.82, 2.24) is 24.4 Å². The van der Waals surface area contributed by atoms with Gasteiger partial charge in [-0.15, -0.1) is 0 Å². The average molecular weight is 389 g/mol. The maximum Gasteiger partial charge on any atom is 0.368 e. The van der Waals surface area contributed by atoms with E-state index in [9.17, 15) is 4.79 Å². The van der Waals surface area contributed by atoms with Crippen LogP contribution in [0.3, 0.4) is 0 Å². The number of aromatic nitrogens is 5. The van der Waals surface area contributed by atoms with E-state index in [1.165, 1.54) is 9.36 Å². The topological polar surface area (TPSA) is 66.9 Å². The van der Waals surface area contributed by atoms with Crippen LogP contribution in [0.4, 0.5) is 0 Å². The average Bonchev–Trinajstić information content (AvgIpc) is 3.27. The maximum absolute atomic E-state index is 12.3. The summed E-state index contributed by atoms with van der Waals surface area (Å²) in [4.78, 5) is 12.3. The van der Waals surface area contributed by atoms with E-state index in [-0.39, 0.29) is 5.69 Å². The molecule has 0 aliphatic heterocycles. The van der Waals surface area contributed by atoms with Gasteiger partial charge in [-0.25, -0.2) is 4.79 Å². The van der Waals surface area contributed by atoms with Gasteiger partial charge in [0.05, 0.1) is 5.69 Å². The Bertz CT molecular complexity index is 1230. The zero-order valence-corrected chi connectivity index (χ0v) is 17.0. The number of ether oxygens (including phenoxy) is 1. The van der Waals surface area contributed by atoms with Crippen LogP contribution in [-0.4, -0.2) is 24.4 Å². The van der Waals surface area contributed by atoms with Gasteiger partial charge in [-0.05, 0) is 77.4 Å². The Labute approximate surface area is 168 Å². The van der Waals surface area contributed by atoms with Crippen LogP contribution >= 0.6 is 0 Å². The van der Waals surface area contributed by atoms with Crippen molar-refractivity contribution in [2.75, 3.05) is 0 Å². The Kier molecular flexibility index (Phi) is 4.80. The molecule has 0 fully saturated rings. The molecule has 7 heteroatoms. The lowest BCUT2D eigenvalue weighted by Crippen LogP contribution is -2.23. The number of nitrogens with zero attached hydrogens (tertiary/aromatic N) is 5. The van der Waals surface area contributed by atoms with Crippen LogP contribution < -0.4 is 10.4 Å². The van der Waals surface area contributed by atoms with Gasteiger partial charge in [0.15, 0.2) is 0 Å². The Hall–Kier alpha value is -3.61. The predicted molar refractivity (Wildman–Crippen MR) is 111 cm³/mol. The summed E-state index contributed by atoms with van der Waals surface area (Å²) in [7, 11) is 3.61. The standard InChI is InChI=1S/C22H23N5O2/c1-15-7-5-8-20(27-22(28)26(4)23-24-27)18(15)14-29-21-11-10-17(13-16(21)2)19-9-6-12-25(19)3/h5-13H,14H2,1-4H3. The highest BCUT2D eigenvalue weighted by molar-refractivity contribution is 5.62. The van der Waals surface area contributed by atoms with E-state index in [4.69, 9.17) is 4.74 Å². The summed E-state index contributed by atoms with van der Waals surface area (Å²) in [5.41, 5.74) is 5.67. The summed E-state index contributed by atoms with van der Waals surface area (Å²) in [6, 6.07) is 16.0. The van der Waals surface area contributed by atoms with Gasteiger partial charge in [-0.2, -0.15) is 9.36 Å². The van der Waals surface area contributed by atoms with Gasteiger partial charge in [0.25, 0.3) is 0 Å². The summed E-state index contributed by atoms with van der Waals surface area (Å²) in [6.45, 7) is 4.36. The second kappa shape index (κ2) is 7.43. The quantitative estimate of drug-likeness (QED) is 0.526. The molecule has 29 heavy (non-hydrogen) atoms. The summed E-state index contributed by atoms with van der Waals surface area (Å²) in [6.07, 6.45) is 2.03. The van der Waals surface area contributed by atoms with Gasteiger partial charge in [0, 0.05) is 31.5 Å². The maximum atomic E-state index is 12.3. The molecule has 0 atom stereocenters. The smallest absolute Gasteiger partial charge is 0.368 e. The van der Waals surface area contributed by atoms with E-state index in [2.05, 4.69) is 33.2 Å². The number of aryl methyl sites for hydroxylation is 4. The van der Waals surface area contributed by atoms with E-state index in [0.29, 0.717) is 12.3 Å². The third kappa shape index (κ3) is 3.47. The fourth-order valence-corrected chi connectivity index (χ4v) is 3.42. The lowest BCUT2D eigenvalue weighted by molar-refractivity contribution is 0.302. The third-order valence-corrected chi connectivity index (χ3v) is 5.12. The van der Waals surface area contributed by atoms with Crippen LogP contribution in [0.2, 0.25) is 0 Å². The molecule has 148 valence electrons. The van der Waals surface area contributed by atoms with Crippen molar-refractivity contribution in [3.63, 3.8) is 0 Å². The first-order valence-electron chi connectivity index (χ1n) is 9.38. The summed E-state index contributed by atoms with van der Waals surface area (Å²) < 4.78 is 10.7. The molecule has 0 saturated carbocycles. The molecule has 4 rings (SSSR count). The second-order valence-corrected chi connectivity index (χ2v) is 7.14. The highest BCUT2D eigenvalue weighted by Gasteiger charge is 2.14. The molecular weight excluding hydrogens is 366 g/mol. The molecule has 0 N–H and O–H groups in total. The van der Waals surface area contributed by atoms with Crippen molar-refractivity contribution in [3.05, 3.63) is 81.9 Å². The lowest BCUT2D eigenvalue weighted by Gasteiger charge is -2.15. The highest BCUT2D eigenvalue weighted by Crippen LogP contribution is 2.28. The minimum absolute atomic E-state index is 0.292. The van der Waals surface area contributed by atoms with E-state index >= 15 is 0 Å². The van der Waals surface area contributed by atoms with Crippen molar-refractivity contribution < 1.29 is 4.74 Å². The Morgan fingerprint density at radius 1 is 0.966 bits per heavy atom. The van der Waals surface area contributed by atoms with Crippen LogP contribution in [0, 0.1) is 13.8 Å². The normalized spacial score (nSPS) is 11.0. The van der Waals surface area contributed by atoms with E-state index in [0.717, 1.165) is 33.7 Å². The minimum Gasteiger partial charge on any atom is -0.489 e. The first-order valence-corrected chi connectivity index (χ1v) is 9.38. The van der Waals surface area contributed by atoms with Crippen molar-refractivity contribution in [2.24, 2.45) is 14.1 Å². The molecule has 2 aromatic carbocycles. The molecule has 2 aromatic heterocycles. The molecule has 7 nitrogen and oxygen atoms in total. The molecule has 0 radical (unpaired) electrons. The fraction of sp³-hybridized carbons (Fsp3) is 0.227. The lowest BCUT2D eigenvalue weighted by atomic mass is 10.1. The molecule has 4 aromatic rings. The molecule has 0 amide bonds. The van der Waals surface area contributed by atoms with Crippen LogP contribution in [0.15, 0.2) is 59.5 Å². The highest BCUT2D eigenvalue weighted by atomic mass is 16.5. The molecule has 0 spiro atoms. The third-order valence-electron chi connectivity index (χ3n) is 5.12. The zero-order chi connectivity index (χ0) is 20.5. The van der Waals surface area contributed by atoms with Gasteiger partial charge in [-0.1, -0.05) is 12.1 Å².